The molecule has 0 spiro atoms. The van der Waals surface area contributed by atoms with Crippen LogP contribution < -0.4 is 0 Å². The van der Waals surface area contributed by atoms with Crippen LogP contribution in [0.4, 0.5) is 0 Å². The Kier molecular flexibility index (Phi) is 4.91. The number of aliphatic imine (C=N–C) groups is 1. The van der Waals surface area contributed by atoms with E-state index >= 15 is 0 Å². The Balaban J connectivity index is 3.08. The van der Waals surface area contributed by atoms with Gasteiger partial charge < -0.3 is 10.2 Å². The van der Waals surface area contributed by atoms with Crippen molar-refractivity contribution in [2.24, 2.45) is 16.3 Å². The van der Waals surface area contributed by atoms with Gasteiger partial charge in [-0.1, -0.05) is 27.7 Å². The number of aliphatic hydroxyl groups is 2. The zero-order valence-electron chi connectivity index (χ0n) is 12.5. The van der Waals surface area contributed by atoms with E-state index in [1.165, 1.54) is 0 Å². The molecule has 0 bridgehead atoms. The van der Waals surface area contributed by atoms with E-state index in [-0.39, 0.29) is 35.5 Å². The molecular weight excluding hydrogens is 242 g/mol. The van der Waals surface area contributed by atoms with Gasteiger partial charge in [0.05, 0.1) is 18.2 Å². The molecule has 0 saturated carbocycles. The number of allylic oxidation sites excluding steroid dienone is 2. The van der Waals surface area contributed by atoms with E-state index in [9.17, 15) is 15.0 Å². The zero-order chi connectivity index (χ0) is 14.8. The van der Waals surface area contributed by atoms with Crippen LogP contribution in [0.2, 0.25) is 0 Å². The summed E-state index contributed by atoms with van der Waals surface area (Å²) in [5.74, 6) is 0.260. The van der Waals surface area contributed by atoms with Crippen molar-refractivity contribution in [3.8, 4) is 0 Å². The summed E-state index contributed by atoms with van der Waals surface area (Å²) in [6, 6.07) is -0.233. The number of rotatable bonds is 4. The molecule has 0 heterocycles. The second-order valence-corrected chi connectivity index (χ2v) is 6.47. The summed E-state index contributed by atoms with van der Waals surface area (Å²) in [7, 11) is 0. The summed E-state index contributed by atoms with van der Waals surface area (Å²) in [6.45, 7) is 9.55. The van der Waals surface area contributed by atoms with Gasteiger partial charge in [-0.2, -0.15) is 0 Å². The van der Waals surface area contributed by atoms with Gasteiger partial charge in [0.2, 0.25) is 0 Å². The highest BCUT2D eigenvalue weighted by molar-refractivity contribution is 6.22. The lowest BCUT2D eigenvalue weighted by atomic mass is 9.75. The second-order valence-electron chi connectivity index (χ2n) is 6.47. The van der Waals surface area contributed by atoms with Gasteiger partial charge in [0.1, 0.15) is 5.76 Å². The third kappa shape index (κ3) is 3.90. The summed E-state index contributed by atoms with van der Waals surface area (Å²) >= 11 is 0. The fraction of sp³-hybridized carbons (Fsp3) is 0.733. The van der Waals surface area contributed by atoms with Crippen LogP contribution in [-0.4, -0.2) is 34.4 Å². The summed E-state index contributed by atoms with van der Waals surface area (Å²) < 4.78 is 0. The predicted octanol–water partition coefficient (Wildman–Crippen LogP) is 2.67. The largest absolute Gasteiger partial charge is 0.511 e. The normalized spacial score (nSPS) is 22.1. The number of carbonyl (C=O) groups excluding carboxylic acids is 1. The van der Waals surface area contributed by atoms with Gasteiger partial charge in [0, 0.05) is 18.6 Å². The minimum Gasteiger partial charge on any atom is -0.511 e. The van der Waals surface area contributed by atoms with Crippen LogP contribution in [0.5, 0.6) is 0 Å². The van der Waals surface area contributed by atoms with Gasteiger partial charge in [-0.25, -0.2) is 0 Å². The Hall–Kier alpha value is -1.16. The molecule has 2 N–H and O–H groups in total. The summed E-state index contributed by atoms with van der Waals surface area (Å²) in [4.78, 5) is 16.5. The van der Waals surface area contributed by atoms with Crippen molar-refractivity contribution in [3.63, 3.8) is 0 Å². The number of Topliss-reactive ketones (excluding diaryl/α,β-unsaturated/α-hetero) is 1. The first-order valence-electron chi connectivity index (χ1n) is 6.79. The van der Waals surface area contributed by atoms with Gasteiger partial charge in [-0.3, -0.25) is 9.79 Å². The maximum Gasteiger partial charge on any atom is 0.168 e. The van der Waals surface area contributed by atoms with Crippen molar-refractivity contribution < 1.29 is 15.0 Å². The Bertz CT molecular complexity index is 419. The van der Waals surface area contributed by atoms with Crippen LogP contribution in [0.1, 0.15) is 47.5 Å². The van der Waals surface area contributed by atoms with E-state index in [2.05, 4.69) is 4.99 Å². The van der Waals surface area contributed by atoms with E-state index in [0.717, 1.165) is 0 Å². The lowest BCUT2D eigenvalue weighted by molar-refractivity contribution is -0.117. The molecule has 108 valence electrons. The highest BCUT2D eigenvalue weighted by Gasteiger charge is 2.34. The Morgan fingerprint density at radius 2 is 1.95 bits per heavy atom. The summed E-state index contributed by atoms with van der Waals surface area (Å²) in [5, 5.41) is 19.4. The number of carbonyl (C=O) groups is 1. The third-order valence-electron chi connectivity index (χ3n) is 3.53. The number of hydrogen-bond donors (Lipinski definition) is 2. The minimum absolute atomic E-state index is 0.0528. The fourth-order valence-corrected chi connectivity index (χ4v) is 2.41. The lowest BCUT2D eigenvalue weighted by Gasteiger charge is -2.29. The average molecular weight is 267 g/mol. The Labute approximate surface area is 115 Å². The average Bonchev–Trinajstić information content (AvgIpc) is 2.22. The highest BCUT2D eigenvalue weighted by Crippen LogP contribution is 2.36. The molecule has 0 fully saturated rings. The molecule has 0 aliphatic heterocycles. The van der Waals surface area contributed by atoms with E-state index < -0.39 is 0 Å². The van der Waals surface area contributed by atoms with Crippen LogP contribution in [0.15, 0.2) is 16.3 Å². The van der Waals surface area contributed by atoms with Gasteiger partial charge in [-0.05, 0) is 18.3 Å². The Morgan fingerprint density at radius 1 is 1.37 bits per heavy atom. The molecule has 1 rings (SSSR count). The van der Waals surface area contributed by atoms with Gasteiger partial charge >= 0.3 is 0 Å². The second kappa shape index (κ2) is 5.87. The molecule has 4 nitrogen and oxygen atoms in total. The zero-order valence-corrected chi connectivity index (χ0v) is 12.5. The minimum atomic E-state index is -0.233. The lowest BCUT2D eigenvalue weighted by Crippen LogP contribution is -2.29. The molecule has 0 aromatic rings. The molecule has 0 saturated heterocycles. The van der Waals surface area contributed by atoms with E-state index in [1.807, 2.05) is 27.7 Å². The van der Waals surface area contributed by atoms with Gasteiger partial charge in [-0.15, -0.1) is 0 Å². The molecule has 0 radical (unpaired) electrons. The van der Waals surface area contributed by atoms with Crippen molar-refractivity contribution in [2.75, 3.05) is 6.61 Å². The molecule has 1 aliphatic rings. The first kappa shape index (κ1) is 15.9. The van der Waals surface area contributed by atoms with E-state index in [4.69, 9.17) is 0 Å². The first-order chi connectivity index (χ1) is 8.68. The van der Waals surface area contributed by atoms with Crippen LogP contribution in [0, 0.1) is 11.3 Å². The smallest absolute Gasteiger partial charge is 0.168 e. The van der Waals surface area contributed by atoms with E-state index in [0.29, 0.717) is 24.1 Å². The van der Waals surface area contributed by atoms with E-state index in [1.54, 1.807) is 6.92 Å². The van der Waals surface area contributed by atoms with Crippen molar-refractivity contribution in [3.05, 3.63) is 11.3 Å². The van der Waals surface area contributed by atoms with Crippen molar-refractivity contribution in [1.29, 1.82) is 0 Å². The molecule has 0 aromatic heterocycles. The van der Waals surface area contributed by atoms with Gasteiger partial charge in [0.15, 0.2) is 5.78 Å². The molecule has 0 unspecified atom stereocenters. The maximum absolute atomic E-state index is 12.1. The van der Waals surface area contributed by atoms with Crippen molar-refractivity contribution >= 4 is 11.5 Å². The number of nitrogens with zero attached hydrogens (tertiary/aromatic N) is 1. The van der Waals surface area contributed by atoms with Crippen molar-refractivity contribution in [1.82, 2.24) is 0 Å². The first-order valence-corrected chi connectivity index (χ1v) is 6.79. The van der Waals surface area contributed by atoms with Crippen LogP contribution in [0.25, 0.3) is 0 Å². The number of aliphatic hydroxyl groups excluding tert-OH is 2. The monoisotopic (exact) mass is 267 g/mol. The van der Waals surface area contributed by atoms with Crippen LogP contribution in [-0.2, 0) is 4.79 Å². The van der Waals surface area contributed by atoms with Gasteiger partial charge in [0.25, 0.3) is 0 Å². The molecule has 19 heavy (non-hydrogen) atoms. The predicted molar refractivity (Wildman–Crippen MR) is 76.5 cm³/mol. The van der Waals surface area contributed by atoms with Crippen LogP contribution in [0.3, 0.4) is 0 Å². The molecule has 1 atom stereocenters. The maximum atomic E-state index is 12.1. The SMILES string of the molecule is CC(=N[C@@H](CO)C(C)C)C1=C(O)CC(C)(C)CC1=O. The molecule has 1 aliphatic carbocycles. The number of ketones is 1. The van der Waals surface area contributed by atoms with Crippen molar-refractivity contribution in [2.45, 2.75) is 53.5 Å². The summed E-state index contributed by atoms with van der Waals surface area (Å²) in [6.07, 6.45) is 0.914. The molecule has 0 amide bonds. The number of hydrogen-bond acceptors (Lipinski definition) is 4. The summed E-state index contributed by atoms with van der Waals surface area (Å²) in [5.41, 5.74) is 0.684. The third-order valence-corrected chi connectivity index (χ3v) is 3.53. The Morgan fingerprint density at radius 3 is 2.37 bits per heavy atom. The quantitative estimate of drug-likeness (QED) is 0.769. The highest BCUT2D eigenvalue weighted by atomic mass is 16.3. The standard InChI is InChI=1S/C15H25NO3/c1-9(2)11(8-17)16-10(3)14-12(18)6-15(4,5)7-13(14)19/h9,11,17-18H,6-8H2,1-5H3/t11-/m0/s1. The van der Waals surface area contributed by atoms with Crippen LogP contribution >= 0.6 is 0 Å². The molecule has 0 aromatic carbocycles. The topological polar surface area (TPSA) is 69.9 Å². The molecular formula is C15H25NO3. The molecule has 4 heteroatoms. The fourth-order valence-electron chi connectivity index (χ4n) is 2.41.